The highest BCUT2D eigenvalue weighted by molar-refractivity contribution is 4.93. The summed E-state index contributed by atoms with van der Waals surface area (Å²) in [6.07, 6.45) is 1.17. The third-order valence-electron chi connectivity index (χ3n) is 3.72. The summed E-state index contributed by atoms with van der Waals surface area (Å²) in [5.41, 5.74) is 0. The molecule has 2 fully saturated rings. The molecule has 5 heteroatoms. The second-order valence-electron chi connectivity index (χ2n) is 5.67. The van der Waals surface area contributed by atoms with Gasteiger partial charge in [-0.15, -0.1) is 0 Å². The average molecular weight is 264 g/mol. The lowest BCUT2D eigenvalue weighted by molar-refractivity contribution is -0.148. The summed E-state index contributed by atoms with van der Waals surface area (Å²) < 4.78 is 37.7. The van der Waals surface area contributed by atoms with Crippen molar-refractivity contribution in [1.82, 2.24) is 10.2 Å². The smallest absolute Gasteiger partial charge is 0.312 e. The van der Waals surface area contributed by atoms with Crippen molar-refractivity contribution in [2.45, 2.75) is 57.3 Å². The van der Waals surface area contributed by atoms with Gasteiger partial charge in [0.25, 0.3) is 0 Å². The largest absolute Gasteiger partial charge is 0.401 e. The maximum absolute atomic E-state index is 12.6. The molecule has 1 atom stereocenters. The molecular formula is C13H23F3N2. The van der Waals surface area contributed by atoms with Gasteiger partial charge in [-0.1, -0.05) is 6.92 Å². The summed E-state index contributed by atoms with van der Waals surface area (Å²) in [4.78, 5) is 1.64. The van der Waals surface area contributed by atoms with Crippen LogP contribution in [0.2, 0.25) is 0 Å². The van der Waals surface area contributed by atoms with Crippen LogP contribution in [0, 0.1) is 5.92 Å². The Morgan fingerprint density at radius 1 is 1.22 bits per heavy atom. The Hall–Kier alpha value is -0.290. The van der Waals surface area contributed by atoms with Crippen LogP contribution < -0.4 is 5.32 Å². The minimum absolute atomic E-state index is 0.177. The van der Waals surface area contributed by atoms with Gasteiger partial charge in [0.2, 0.25) is 0 Å². The van der Waals surface area contributed by atoms with Crippen molar-refractivity contribution in [1.29, 1.82) is 0 Å². The predicted molar refractivity (Wildman–Crippen MR) is 65.5 cm³/mol. The SMILES string of the molecule is CCCNC(CN(CC(F)(F)F)C1CC1)C1CC1. The number of alkyl halides is 3. The molecule has 0 bridgehead atoms. The molecule has 106 valence electrons. The molecule has 18 heavy (non-hydrogen) atoms. The number of rotatable bonds is 8. The maximum Gasteiger partial charge on any atom is 0.401 e. The van der Waals surface area contributed by atoms with Crippen LogP contribution in [-0.2, 0) is 0 Å². The van der Waals surface area contributed by atoms with E-state index in [4.69, 9.17) is 0 Å². The van der Waals surface area contributed by atoms with Gasteiger partial charge in [-0.25, -0.2) is 0 Å². The number of halogens is 3. The molecule has 0 saturated heterocycles. The Balaban J connectivity index is 1.85. The Kier molecular flexibility index (Phi) is 4.54. The molecule has 1 unspecified atom stereocenters. The van der Waals surface area contributed by atoms with Crippen LogP contribution in [0.5, 0.6) is 0 Å². The van der Waals surface area contributed by atoms with E-state index in [1.807, 2.05) is 0 Å². The lowest BCUT2D eigenvalue weighted by Gasteiger charge is -2.29. The van der Waals surface area contributed by atoms with Crippen LogP contribution in [0.15, 0.2) is 0 Å². The van der Waals surface area contributed by atoms with Crippen molar-refractivity contribution < 1.29 is 13.2 Å². The molecule has 0 aromatic heterocycles. The standard InChI is InChI=1S/C13H23F3N2/c1-2-7-17-12(10-3-4-10)8-18(11-5-6-11)9-13(14,15)16/h10-12,17H,2-9H2,1H3. The van der Waals surface area contributed by atoms with E-state index in [9.17, 15) is 13.2 Å². The van der Waals surface area contributed by atoms with Gasteiger partial charge in [-0.3, -0.25) is 4.90 Å². The second-order valence-corrected chi connectivity index (χ2v) is 5.67. The van der Waals surface area contributed by atoms with Crippen LogP contribution in [0.3, 0.4) is 0 Å². The van der Waals surface area contributed by atoms with E-state index >= 15 is 0 Å². The molecule has 0 aromatic rings. The lowest BCUT2D eigenvalue weighted by Crippen LogP contribution is -2.46. The van der Waals surface area contributed by atoms with Gasteiger partial charge < -0.3 is 5.32 Å². The van der Waals surface area contributed by atoms with E-state index < -0.39 is 12.7 Å². The fourth-order valence-electron chi connectivity index (χ4n) is 2.47. The van der Waals surface area contributed by atoms with Crippen molar-refractivity contribution in [3.05, 3.63) is 0 Å². The van der Waals surface area contributed by atoms with Crippen molar-refractivity contribution in [3.8, 4) is 0 Å². The van der Waals surface area contributed by atoms with E-state index in [-0.39, 0.29) is 12.1 Å². The summed E-state index contributed by atoms with van der Waals surface area (Å²) in [5.74, 6) is 0.603. The van der Waals surface area contributed by atoms with Crippen molar-refractivity contribution >= 4 is 0 Å². The molecule has 2 aliphatic rings. The zero-order valence-electron chi connectivity index (χ0n) is 11.0. The average Bonchev–Trinajstić information content (AvgIpc) is 3.15. The van der Waals surface area contributed by atoms with Gasteiger partial charge in [0.15, 0.2) is 0 Å². The van der Waals surface area contributed by atoms with Gasteiger partial charge in [-0.05, 0) is 44.6 Å². The van der Waals surface area contributed by atoms with Crippen LogP contribution >= 0.6 is 0 Å². The first-order chi connectivity index (χ1) is 8.49. The monoisotopic (exact) mass is 264 g/mol. The van der Waals surface area contributed by atoms with Crippen LogP contribution in [0.25, 0.3) is 0 Å². The molecular weight excluding hydrogens is 241 g/mol. The summed E-state index contributed by atoms with van der Waals surface area (Å²) in [6, 6.07) is 0.434. The van der Waals surface area contributed by atoms with Crippen LogP contribution in [0.1, 0.15) is 39.0 Å². The Bertz CT molecular complexity index is 259. The quantitative estimate of drug-likeness (QED) is 0.725. The highest BCUT2D eigenvalue weighted by Crippen LogP contribution is 2.36. The lowest BCUT2D eigenvalue weighted by atomic mass is 10.1. The minimum atomic E-state index is -4.07. The number of hydrogen-bond acceptors (Lipinski definition) is 2. The third-order valence-corrected chi connectivity index (χ3v) is 3.72. The molecule has 0 amide bonds. The summed E-state index contributed by atoms with van der Waals surface area (Å²) >= 11 is 0. The molecule has 0 radical (unpaired) electrons. The number of hydrogen-bond donors (Lipinski definition) is 1. The molecule has 2 nitrogen and oxygen atoms in total. The third kappa shape index (κ3) is 4.76. The minimum Gasteiger partial charge on any atom is -0.312 e. The molecule has 0 spiro atoms. The van der Waals surface area contributed by atoms with Gasteiger partial charge in [0.1, 0.15) is 0 Å². The normalized spacial score (nSPS) is 22.5. The van der Waals surface area contributed by atoms with E-state index in [1.165, 1.54) is 12.8 Å². The molecule has 0 heterocycles. The van der Waals surface area contributed by atoms with Crippen LogP contribution in [0.4, 0.5) is 13.2 Å². The molecule has 1 N–H and O–H groups in total. The first-order valence-electron chi connectivity index (χ1n) is 7.04. The number of nitrogens with one attached hydrogen (secondary N) is 1. The molecule has 0 aliphatic heterocycles. The summed E-state index contributed by atoms with van der Waals surface area (Å²) in [5, 5.41) is 3.42. The first-order valence-corrected chi connectivity index (χ1v) is 7.04. The summed E-state index contributed by atoms with van der Waals surface area (Å²) in [7, 11) is 0. The first kappa shape index (κ1) is 14.1. The Morgan fingerprint density at radius 2 is 1.89 bits per heavy atom. The topological polar surface area (TPSA) is 15.3 Å². The molecule has 2 saturated carbocycles. The molecule has 2 aliphatic carbocycles. The van der Waals surface area contributed by atoms with E-state index in [0.717, 1.165) is 25.8 Å². The summed E-state index contributed by atoms with van der Waals surface area (Å²) in [6.45, 7) is 2.82. The van der Waals surface area contributed by atoms with E-state index in [2.05, 4.69) is 12.2 Å². The van der Waals surface area contributed by atoms with E-state index in [1.54, 1.807) is 4.90 Å². The second kappa shape index (κ2) is 5.78. The fourth-order valence-corrected chi connectivity index (χ4v) is 2.47. The highest BCUT2D eigenvalue weighted by Gasteiger charge is 2.41. The van der Waals surface area contributed by atoms with E-state index in [0.29, 0.717) is 12.5 Å². The fraction of sp³-hybridized carbons (Fsp3) is 1.00. The Labute approximate surface area is 107 Å². The van der Waals surface area contributed by atoms with Gasteiger partial charge in [0, 0.05) is 18.6 Å². The Morgan fingerprint density at radius 3 is 2.33 bits per heavy atom. The number of nitrogens with zero attached hydrogens (tertiary/aromatic N) is 1. The molecule has 2 rings (SSSR count). The predicted octanol–water partition coefficient (Wildman–Crippen LogP) is 2.79. The van der Waals surface area contributed by atoms with Gasteiger partial charge in [-0.2, -0.15) is 13.2 Å². The van der Waals surface area contributed by atoms with Crippen LogP contribution in [-0.4, -0.2) is 42.8 Å². The highest BCUT2D eigenvalue weighted by atomic mass is 19.4. The zero-order valence-corrected chi connectivity index (χ0v) is 11.0. The zero-order chi connectivity index (χ0) is 13.2. The van der Waals surface area contributed by atoms with Crippen molar-refractivity contribution in [2.24, 2.45) is 5.92 Å². The van der Waals surface area contributed by atoms with Gasteiger partial charge >= 0.3 is 6.18 Å². The maximum atomic E-state index is 12.6. The van der Waals surface area contributed by atoms with Gasteiger partial charge in [0.05, 0.1) is 6.54 Å². The molecule has 0 aromatic carbocycles. The van der Waals surface area contributed by atoms with Crippen molar-refractivity contribution in [3.63, 3.8) is 0 Å². The van der Waals surface area contributed by atoms with Crippen molar-refractivity contribution in [2.75, 3.05) is 19.6 Å².